The molecule has 4 rings (SSSR count). The van der Waals surface area contributed by atoms with Crippen molar-refractivity contribution in [3.05, 3.63) is 53.6 Å². The van der Waals surface area contributed by atoms with Crippen LogP contribution in [0.5, 0.6) is 17.2 Å². The molecule has 0 atom stereocenters. The van der Waals surface area contributed by atoms with E-state index in [1.807, 2.05) is 30.0 Å². The first-order valence-corrected chi connectivity index (χ1v) is 9.36. The number of rotatable bonds is 5. The van der Waals surface area contributed by atoms with Crippen LogP contribution in [0.1, 0.15) is 22.8 Å². The minimum atomic E-state index is 0.0500. The molecule has 6 nitrogen and oxygen atoms in total. The van der Waals surface area contributed by atoms with Crippen molar-refractivity contribution in [2.45, 2.75) is 13.5 Å². The Hall–Kier alpha value is -2.73. The van der Waals surface area contributed by atoms with Crippen LogP contribution in [0.3, 0.4) is 0 Å². The summed E-state index contributed by atoms with van der Waals surface area (Å²) in [5.41, 5.74) is 1.91. The van der Waals surface area contributed by atoms with Gasteiger partial charge in [-0.3, -0.25) is 9.69 Å². The lowest BCUT2D eigenvalue weighted by Gasteiger charge is -2.34. The van der Waals surface area contributed by atoms with Gasteiger partial charge < -0.3 is 19.1 Å². The fraction of sp³-hybridized carbons (Fsp3) is 0.381. The lowest BCUT2D eigenvalue weighted by molar-refractivity contribution is 0.0628. The largest absolute Gasteiger partial charge is 0.494 e. The average Bonchev–Trinajstić information content (AvgIpc) is 3.17. The van der Waals surface area contributed by atoms with Gasteiger partial charge in [0, 0.05) is 38.3 Å². The number of fused-ring (bicyclic) bond motifs is 1. The van der Waals surface area contributed by atoms with Gasteiger partial charge in [0.25, 0.3) is 5.91 Å². The molecule has 1 amide bonds. The molecule has 1 saturated heterocycles. The van der Waals surface area contributed by atoms with Gasteiger partial charge in [-0.1, -0.05) is 12.1 Å². The van der Waals surface area contributed by atoms with Crippen LogP contribution in [0.2, 0.25) is 0 Å². The van der Waals surface area contributed by atoms with Gasteiger partial charge in [0.1, 0.15) is 5.75 Å². The third-order valence-electron chi connectivity index (χ3n) is 4.92. The van der Waals surface area contributed by atoms with Crippen LogP contribution in [-0.4, -0.2) is 55.3 Å². The number of benzene rings is 2. The van der Waals surface area contributed by atoms with Crippen molar-refractivity contribution in [2.24, 2.45) is 0 Å². The summed E-state index contributed by atoms with van der Waals surface area (Å²) in [6.45, 7) is 6.95. The quantitative estimate of drug-likeness (QED) is 0.812. The van der Waals surface area contributed by atoms with E-state index < -0.39 is 0 Å². The van der Waals surface area contributed by atoms with Crippen molar-refractivity contribution in [1.29, 1.82) is 0 Å². The number of piperazine rings is 1. The summed E-state index contributed by atoms with van der Waals surface area (Å²) in [6.07, 6.45) is 0. The predicted molar refractivity (Wildman–Crippen MR) is 101 cm³/mol. The summed E-state index contributed by atoms with van der Waals surface area (Å²) in [7, 11) is 0. The fourth-order valence-electron chi connectivity index (χ4n) is 3.44. The zero-order valence-corrected chi connectivity index (χ0v) is 15.5. The highest BCUT2D eigenvalue weighted by Gasteiger charge is 2.24. The zero-order valence-electron chi connectivity index (χ0n) is 15.5. The van der Waals surface area contributed by atoms with E-state index in [9.17, 15) is 4.79 Å². The van der Waals surface area contributed by atoms with E-state index in [0.717, 1.165) is 38.5 Å². The van der Waals surface area contributed by atoms with Crippen LogP contribution in [0.25, 0.3) is 0 Å². The molecule has 0 unspecified atom stereocenters. The predicted octanol–water partition coefficient (Wildman–Crippen LogP) is 2.77. The van der Waals surface area contributed by atoms with Crippen molar-refractivity contribution in [2.75, 3.05) is 39.6 Å². The van der Waals surface area contributed by atoms with Gasteiger partial charge in [-0.05, 0) is 42.8 Å². The molecule has 2 aromatic carbocycles. The minimum Gasteiger partial charge on any atom is -0.494 e. The maximum absolute atomic E-state index is 12.8. The Labute approximate surface area is 159 Å². The van der Waals surface area contributed by atoms with E-state index >= 15 is 0 Å². The minimum absolute atomic E-state index is 0.0500. The number of hydrogen-bond donors (Lipinski definition) is 0. The van der Waals surface area contributed by atoms with Crippen LogP contribution in [0, 0.1) is 0 Å². The molecule has 0 saturated carbocycles. The summed E-state index contributed by atoms with van der Waals surface area (Å²) >= 11 is 0. The lowest BCUT2D eigenvalue weighted by atomic mass is 10.1. The topological polar surface area (TPSA) is 51.2 Å². The normalized spacial score (nSPS) is 16.4. The second kappa shape index (κ2) is 7.88. The first-order chi connectivity index (χ1) is 13.2. The molecule has 2 heterocycles. The van der Waals surface area contributed by atoms with Crippen LogP contribution in [0.15, 0.2) is 42.5 Å². The van der Waals surface area contributed by atoms with Crippen molar-refractivity contribution in [3.63, 3.8) is 0 Å². The average molecular weight is 368 g/mol. The maximum atomic E-state index is 12.8. The molecule has 0 radical (unpaired) electrons. The number of ether oxygens (including phenoxy) is 3. The van der Waals surface area contributed by atoms with Crippen molar-refractivity contribution in [3.8, 4) is 17.2 Å². The maximum Gasteiger partial charge on any atom is 0.254 e. The van der Waals surface area contributed by atoms with Gasteiger partial charge in [-0.25, -0.2) is 0 Å². The smallest absolute Gasteiger partial charge is 0.254 e. The molecular formula is C21H24N2O4. The highest BCUT2D eigenvalue weighted by molar-refractivity contribution is 5.95. The Morgan fingerprint density at radius 2 is 1.74 bits per heavy atom. The molecular weight excluding hydrogens is 344 g/mol. The van der Waals surface area contributed by atoms with Crippen molar-refractivity contribution >= 4 is 5.91 Å². The summed E-state index contributed by atoms with van der Waals surface area (Å²) in [5.74, 6) is 2.30. The highest BCUT2D eigenvalue weighted by atomic mass is 16.7. The Bertz CT molecular complexity index is 798. The Morgan fingerprint density at radius 1 is 1.00 bits per heavy atom. The van der Waals surface area contributed by atoms with E-state index in [4.69, 9.17) is 14.2 Å². The van der Waals surface area contributed by atoms with Gasteiger partial charge in [0.05, 0.1) is 6.61 Å². The van der Waals surface area contributed by atoms with E-state index in [1.54, 1.807) is 12.1 Å². The molecule has 6 heteroatoms. The second-order valence-electron chi connectivity index (χ2n) is 6.71. The number of nitrogens with zero attached hydrogens (tertiary/aromatic N) is 2. The second-order valence-corrected chi connectivity index (χ2v) is 6.71. The monoisotopic (exact) mass is 368 g/mol. The Kier molecular flexibility index (Phi) is 5.16. The molecule has 0 bridgehead atoms. The summed E-state index contributed by atoms with van der Waals surface area (Å²) in [4.78, 5) is 17.0. The third kappa shape index (κ3) is 4.01. The van der Waals surface area contributed by atoms with Crippen molar-refractivity contribution < 1.29 is 19.0 Å². The highest BCUT2D eigenvalue weighted by Crippen LogP contribution is 2.32. The zero-order chi connectivity index (χ0) is 18.6. The van der Waals surface area contributed by atoms with Crippen LogP contribution in [-0.2, 0) is 6.54 Å². The molecule has 2 aromatic rings. The molecule has 1 fully saturated rings. The summed E-state index contributed by atoms with van der Waals surface area (Å²) < 4.78 is 16.2. The van der Waals surface area contributed by atoms with E-state index in [1.165, 1.54) is 5.56 Å². The first-order valence-electron chi connectivity index (χ1n) is 9.36. The van der Waals surface area contributed by atoms with Crippen LogP contribution in [0.4, 0.5) is 0 Å². The number of carbonyl (C=O) groups is 1. The molecule has 142 valence electrons. The standard InChI is InChI=1S/C21H24N2O4/c1-2-25-18-6-3-16(4-7-18)14-22-9-11-23(12-10-22)21(24)17-5-8-19-20(13-17)27-15-26-19/h3-8,13H,2,9-12,14-15H2,1H3. The van der Waals surface area contributed by atoms with Crippen LogP contribution >= 0.6 is 0 Å². The first kappa shape index (κ1) is 17.7. The molecule has 2 aliphatic rings. The number of hydrogen-bond acceptors (Lipinski definition) is 5. The molecule has 0 aromatic heterocycles. The Morgan fingerprint density at radius 3 is 2.48 bits per heavy atom. The van der Waals surface area contributed by atoms with E-state index in [-0.39, 0.29) is 12.7 Å². The van der Waals surface area contributed by atoms with Crippen LogP contribution < -0.4 is 14.2 Å². The molecule has 2 aliphatic heterocycles. The third-order valence-corrected chi connectivity index (χ3v) is 4.92. The van der Waals surface area contributed by atoms with E-state index in [2.05, 4.69) is 17.0 Å². The summed E-state index contributed by atoms with van der Waals surface area (Å²) in [6, 6.07) is 13.6. The van der Waals surface area contributed by atoms with E-state index in [0.29, 0.717) is 23.7 Å². The van der Waals surface area contributed by atoms with Gasteiger partial charge >= 0.3 is 0 Å². The number of amides is 1. The Balaban J connectivity index is 1.31. The van der Waals surface area contributed by atoms with Gasteiger partial charge in [0.2, 0.25) is 6.79 Å². The molecule has 27 heavy (non-hydrogen) atoms. The van der Waals surface area contributed by atoms with Gasteiger partial charge in [-0.2, -0.15) is 0 Å². The van der Waals surface area contributed by atoms with Crippen molar-refractivity contribution in [1.82, 2.24) is 9.80 Å². The fourth-order valence-corrected chi connectivity index (χ4v) is 3.44. The summed E-state index contributed by atoms with van der Waals surface area (Å²) in [5, 5.41) is 0. The molecule has 0 aliphatic carbocycles. The SMILES string of the molecule is CCOc1ccc(CN2CCN(C(=O)c3ccc4c(c3)OCO4)CC2)cc1. The number of carbonyl (C=O) groups excluding carboxylic acids is 1. The van der Waals surface area contributed by atoms with Gasteiger partial charge in [0.15, 0.2) is 11.5 Å². The van der Waals surface area contributed by atoms with Gasteiger partial charge in [-0.15, -0.1) is 0 Å². The lowest BCUT2D eigenvalue weighted by Crippen LogP contribution is -2.48. The molecule has 0 N–H and O–H groups in total. The molecule has 0 spiro atoms.